The Balaban J connectivity index is 1.41. The summed E-state index contributed by atoms with van der Waals surface area (Å²) in [5.41, 5.74) is 6.81. The Morgan fingerprint density at radius 1 is 0.472 bits per heavy atom. The molecule has 4 aromatic carbocycles. The summed E-state index contributed by atoms with van der Waals surface area (Å²) in [5, 5.41) is 0. The average Bonchev–Trinajstić information content (AvgIpc) is 3.18. The Kier molecular flexibility index (Phi) is 11.6. The zero-order valence-electron chi connectivity index (χ0n) is 32.6. The zero-order chi connectivity index (χ0) is 37.8. The fourth-order valence-corrected chi connectivity index (χ4v) is 7.83. The Morgan fingerprint density at radius 3 is 1.62 bits per heavy atom. The van der Waals surface area contributed by atoms with Crippen molar-refractivity contribution in [1.29, 1.82) is 0 Å². The van der Waals surface area contributed by atoms with Gasteiger partial charge in [0.1, 0.15) is 0 Å². The van der Waals surface area contributed by atoms with Crippen LogP contribution in [0.2, 0.25) is 0 Å². The highest BCUT2D eigenvalue weighted by atomic mass is 16.6. The molecule has 0 radical (unpaired) electrons. The summed E-state index contributed by atoms with van der Waals surface area (Å²) < 4.78 is 53.2. The fourth-order valence-electron chi connectivity index (χ4n) is 7.83. The number of fused-ring (bicyclic) bond motifs is 2. The van der Waals surface area contributed by atoms with Gasteiger partial charge in [-0.1, -0.05) is 6.07 Å². The predicted molar refractivity (Wildman–Crippen MR) is 204 cm³/mol. The van der Waals surface area contributed by atoms with Crippen molar-refractivity contribution in [1.82, 2.24) is 9.80 Å². The maximum absolute atomic E-state index is 6.85. The number of hydrogen-bond donors (Lipinski definition) is 0. The molecule has 0 fully saturated rings. The molecule has 0 saturated carbocycles. The highest BCUT2D eigenvalue weighted by Gasteiger charge is 2.33. The fraction of sp³-hybridized carbons (Fsp3) is 0.429. The van der Waals surface area contributed by atoms with Crippen LogP contribution in [0.3, 0.4) is 0 Å². The SMILES string of the molecule is COc1ccc(CC2c3cc(Oc4cc(CC5c6cc(OC)c(OC)cc6CCN5C)cc(OC)c4OC)c(OC)c(OC)c3CCN2C)cc1OC. The normalized spacial score (nSPS) is 16.9. The lowest BCUT2D eigenvalue weighted by atomic mass is 9.87. The second-order valence-electron chi connectivity index (χ2n) is 13.4. The first-order chi connectivity index (χ1) is 25.7. The smallest absolute Gasteiger partial charge is 0.204 e. The van der Waals surface area contributed by atoms with Crippen molar-refractivity contribution in [2.75, 3.05) is 84.1 Å². The lowest BCUT2D eigenvalue weighted by molar-refractivity contribution is 0.223. The molecule has 6 rings (SSSR count). The Labute approximate surface area is 313 Å². The van der Waals surface area contributed by atoms with Crippen molar-refractivity contribution >= 4 is 0 Å². The number of nitrogens with zero attached hydrogens (tertiary/aromatic N) is 2. The van der Waals surface area contributed by atoms with Gasteiger partial charge in [0.05, 0.1) is 56.9 Å². The van der Waals surface area contributed by atoms with E-state index in [4.69, 9.17) is 42.6 Å². The van der Waals surface area contributed by atoms with Crippen LogP contribution in [0.15, 0.2) is 48.5 Å². The molecule has 2 unspecified atom stereocenters. The standard InChI is InChI=1S/C42H52N2O9/c1-43-15-13-27-22-35(47-5)36(48-6)23-29(27)31(43)18-26-20-37(49-7)41(51-9)38(21-26)53-39-24-30-28(40(50-8)42(39)52-10)14-16-44(2)32(30)17-25-11-12-33(45-3)34(19-25)46-4/h11-12,19-24,31-32H,13-18H2,1-10H3. The summed E-state index contributed by atoms with van der Waals surface area (Å²) in [6.07, 6.45) is 3.15. The number of hydrogen-bond acceptors (Lipinski definition) is 11. The molecule has 4 aromatic rings. The number of rotatable bonds is 14. The maximum atomic E-state index is 6.85. The molecular weight excluding hydrogens is 676 g/mol. The molecule has 0 aromatic heterocycles. The van der Waals surface area contributed by atoms with Crippen LogP contribution in [0.4, 0.5) is 0 Å². The molecule has 11 nitrogen and oxygen atoms in total. The van der Waals surface area contributed by atoms with E-state index < -0.39 is 0 Å². The van der Waals surface area contributed by atoms with Crippen LogP contribution >= 0.6 is 0 Å². The minimum Gasteiger partial charge on any atom is -0.493 e. The minimum atomic E-state index is 0.0271. The van der Waals surface area contributed by atoms with E-state index in [1.165, 1.54) is 11.1 Å². The van der Waals surface area contributed by atoms with E-state index in [1.807, 2.05) is 24.3 Å². The second kappa shape index (κ2) is 16.3. The second-order valence-corrected chi connectivity index (χ2v) is 13.4. The van der Waals surface area contributed by atoms with Crippen molar-refractivity contribution in [2.45, 2.75) is 37.8 Å². The van der Waals surface area contributed by atoms with Gasteiger partial charge in [0, 0.05) is 30.7 Å². The van der Waals surface area contributed by atoms with Gasteiger partial charge in [0.15, 0.2) is 46.0 Å². The Morgan fingerprint density at radius 2 is 0.981 bits per heavy atom. The van der Waals surface area contributed by atoms with Gasteiger partial charge in [-0.05, 0) is 110 Å². The van der Waals surface area contributed by atoms with Crippen molar-refractivity contribution < 1.29 is 42.6 Å². The molecule has 0 spiro atoms. The third-order valence-electron chi connectivity index (χ3n) is 10.7. The van der Waals surface area contributed by atoms with E-state index in [0.29, 0.717) is 58.2 Å². The minimum absolute atomic E-state index is 0.0271. The molecule has 2 aliphatic rings. The molecule has 0 saturated heterocycles. The third kappa shape index (κ3) is 7.32. The van der Waals surface area contributed by atoms with Crippen LogP contribution in [-0.2, 0) is 25.7 Å². The molecule has 53 heavy (non-hydrogen) atoms. The summed E-state index contributed by atoms with van der Waals surface area (Å²) in [6, 6.07) is 16.5. The molecule has 0 bridgehead atoms. The van der Waals surface area contributed by atoms with Crippen molar-refractivity contribution in [2.24, 2.45) is 0 Å². The van der Waals surface area contributed by atoms with Crippen LogP contribution in [-0.4, -0.2) is 93.9 Å². The van der Waals surface area contributed by atoms with Gasteiger partial charge in [-0.25, -0.2) is 0 Å². The molecule has 2 atom stereocenters. The molecule has 0 amide bonds. The van der Waals surface area contributed by atoms with Crippen LogP contribution in [0, 0.1) is 0 Å². The molecule has 11 heteroatoms. The van der Waals surface area contributed by atoms with Gasteiger partial charge in [0.2, 0.25) is 11.5 Å². The monoisotopic (exact) mass is 728 g/mol. The summed E-state index contributed by atoms with van der Waals surface area (Å²) in [5.74, 6) is 6.11. The molecule has 2 heterocycles. The Hall–Kier alpha value is -5.00. The number of ether oxygens (including phenoxy) is 9. The van der Waals surface area contributed by atoms with Gasteiger partial charge in [-0.15, -0.1) is 0 Å². The predicted octanol–water partition coefficient (Wildman–Crippen LogP) is 7.09. The highest BCUT2D eigenvalue weighted by molar-refractivity contribution is 5.64. The van der Waals surface area contributed by atoms with Gasteiger partial charge in [-0.3, -0.25) is 9.80 Å². The van der Waals surface area contributed by atoms with Crippen LogP contribution < -0.4 is 42.6 Å². The first-order valence-corrected chi connectivity index (χ1v) is 17.8. The van der Waals surface area contributed by atoms with E-state index >= 15 is 0 Å². The summed E-state index contributed by atoms with van der Waals surface area (Å²) in [7, 11) is 17.5. The van der Waals surface area contributed by atoms with E-state index in [-0.39, 0.29) is 12.1 Å². The summed E-state index contributed by atoms with van der Waals surface area (Å²) in [4.78, 5) is 4.74. The van der Waals surface area contributed by atoms with Crippen LogP contribution in [0.25, 0.3) is 0 Å². The van der Waals surface area contributed by atoms with Crippen molar-refractivity contribution in [3.05, 3.63) is 81.9 Å². The van der Waals surface area contributed by atoms with Gasteiger partial charge >= 0.3 is 0 Å². The van der Waals surface area contributed by atoms with Crippen LogP contribution in [0.1, 0.15) is 45.5 Å². The van der Waals surface area contributed by atoms with Gasteiger partial charge in [-0.2, -0.15) is 0 Å². The number of benzene rings is 4. The highest BCUT2D eigenvalue weighted by Crippen LogP contribution is 2.51. The zero-order valence-corrected chi connectivity index (χ0v) is 32.6. The molecular formula is C42H52N2O9. The van der Waals surface area contributed by atoms with Crippen molar-refractivity contribution in [3.63, 3.8) is 0 Å². The van der Waals surface area contributed by atoms with E-state index in [9.17, 15) is 0 Å². The Bertz CT molecular complexity index is 1930. The van der Waals surface area contributed by atoms with E-state index in [0.717, 1.165) is 60.4 Å². The topological polar surface area (TPSA) is 89.6 Å². The third-order valence-corrected chi connectivity index (χ3v) is 10.7. The number of likely N-dealkylation sites (N-methyl/N-ethyl adjacent to an activating group) is 2. The van der Waals surface area contributed by atoms with E-state index in [2.05, 4.69) is 48.2 Å². The molecule has 284 valence electrons. The lowest BCUT2D eigenvalue weighted by Crippen LogP contribution is -2.33. The first-order valence-electron chi connectivity index (χ1n) is 17.8. The largest absolute Gasteiger partial charge is 0.493 e. The molecule has 0 aliphatic carbocycles. The van der Waals surface area contributed by atoms with Gasteiger partial charge in [0.25, 0.3) is 0 Å². The van der Waals surface area contributed by atoms with Crippen molar-refractivity contribution in [3.8, 4) is 57.5 Å². The summed E-state index contributed by atoms with van der Waals surface area (Å²) in [6.45, 7) is 1.77. The van der Waals surface area contributed by atoms with Gasteiger partial charge < -0.3 is 42.6 Å². The molecule has 2 aliphatic heterocycles. The van der Waals surface area contributed by atoms with E-state index in [1.54, 1.807) is 56.9 Å². The maximum Gasteiger partial charge on any atom is 0.204 e. The quantitative estimate of drug-likeness (QED) is 0.133. The summed E-state index contributed by atoms with van der Waals surface area (Å²) >= 11 is 0. The van der Waals surface area contributed by atoms with Crippen LogP contribution in [0.5, 0.6) is 57.5 Å². The first kappa shape index (κ1) is 37.7. The average molecular weight is 729 g/mol. The lowest BCUT2D eigenvalue weighted by Gasteiger charge is -2.36. The molecule has 0 N–H and O–H groups in total. The number of methoxy groups -OCH3 is 8.